The first-order valence-corrected chi connectivity index (χ1v) is 14.9. The molecule has 2 aliphatic heterocycles. The minimum atomic E-state index is -1.66. The maximum atomic E-state index is 14.7. The lowest BCUT2D eigenvalue weighted by Crippen LogP contribution is -2.56. The number of amides is 4. The van der Waals surface area contributed by atoms with E-state index >= 15 is 0 Å². The summed E-state index contributed by atoms with van der Waals surface area (Å²) in [5.41, 5.74) is 0.431. The first-order valence-electron chi connectivity index (χ1n) is 14.9. The fraction of sp³-hybridized carbons (Fsp3) is 0.469. The molecule has 0 bridgehead atoms. The number of carbonyl (C=O) groups is 5. The van der Waals surface area contributed by atoms with Crippen molar-refractivity contribution >= 4 is 41.2 Å². The topological polar surface area (TPSA) is 153 Å². The second-order valence-corrected chi connectivity index (χ2v) is 11.9. The molecule has 2 heterocycles. The highest BCUT2D eigenvalue weighted by Crippen LogP contribution is 2.26. The lowest BCUT2D eigenvalue weighted by Gasteiger charge is -2.35. The van der Waals surface area contributed by atoms with Gasteiger partial charge in [0, 0.05) is 37.9 Å². The van der Waals surface area contributed by atoms with Crippen LogP contribution in [0.3, 0.4) is 0 Å². The van der Waals surface area contributed by atoms with Crippen LogP contribution in [0.2, 0.25) is 0 Å². The second-order valence-electron chi connectivity index (χ2n) is 11.9. The summed E-state index contributed by atoms with van der Waals surface area (Å²) in [5.74, 6) is -3.60. The standard InChI is InChI=1S/C32H39FN4O9/c1-19(34-31(42)46-32(3,4)5)21-6-8-22(9-7-21)35-28(39)26(45-20(2)38)27-30(41)37(14-17-44-27)23-10-11-25(33)24(18-23)29(40)36-12-15-43-16-13-36/h6-11,18-19,26-27H,12-17H2,1-5H3,(H,34,42)(H,35,39)/t19-,26-,27-/m1/s1. The Morgan fingerprint density at radius 3 is 2.30 bits per heavy atom. The zero-order chi connectivity index (χ0) is 33.6. The van der Waals surface area contributed by atoms with E-state index in [-0.39, 0.29) is 24.4 Å². The molecule has 13 nitrogen and oxygen atoms in total. The molecule has 0 unspecified atom stereocenters. The molecule has 2 aliphatic rings. The summed E-state index contributed by atoms with van der Waals surface area (Å²) in [6.45, 7) is 9.48. The monoisotopic (exact) mass is 642 g/mol. The van der Waals surface area contributed by atoms with E-state index in [9.17, 15) is 28.4 Å². The molecule has 0 spiro atoms. The van der Waals surface area contributed by atoms with E-state index in [0.29, 0.717) is 32.0 Å². The third-order valence-corrected chi connectivity index (χ3v) is 7.15. The van der Waals surface area contributed by atoms with Gasteiger partial charge in [0.1, 0.15) is 11.4 Å². The number of rotatable bonds is 8. The molecule has 4 amide bonds. The van der Waals surface area contributed by atoms with Gasteiger partial charge in [-0.05, 0) is 63.6 Å². The molecule has 2 N–H and O–H groups in total. The summed E-state index contributed by atoms with van der Waals surface area (Å²) in [6.07, 6.45) is -3.75. The lowest BCUT2D eigenvalue weighted by molar-refractivity contribution is -0.167. The van der Waals surface area contributed by atoms with Crippen LogP contribution < -0.4 is 15.5 Å². The number of alkyl carbamates (subject to hydrolysis) is 1. The quantitative estimate of drug-likeness (QED) is 0.414. The van der Waals surface area contributed by atoms with Gasteiger partial charge < -0.3 is 39.4 Å². The van der Waals surface area contributed by atoms with Gasteiger partial charge in [0.05, 0.1) is 31.4 Å². The molecule has 0 aliphatic carbocycles. The number of benzene rings is 2. The zero-order valence-corrected chi connectivity index (χ0v) is 26.5. The fourth-order valence-corrected chi connectivity index (χ4v) is 4.93. The Balaban J connectivity index is 1.47. The summed E-state index contributed by atoms with van der Waals surface area (Å²) in [5, 5.41) is 5.37. The Morgan fingerprint density at radius 2 is 1.67 bits per heavy atom. The van der Waals surface area contributed by atoms with Crippen LogP contribution in [0.4, 0.5) is 20.6 Å². The van der Waals surface area contributed by atoms with Gasteiger partial charge in [-0.3, -0.25) is 19.2 Å². The molecular formula is C32H39FN4O9. The van der Waals surface area contributed by atoms with Crippen molar-refractivity contribution in [3.63, 3.8) is 0 Å². The highest BCUT2D eigenvalue weighted by Gasteiger charge is 2.43. The molecule has 248 valence electrons. The van der Waals surface area contributed by atoms with Crippen LogP contribution in [-0.4, -0.2) is 91.9 Å². The van der Waals surface area contributed by atoms with Crippen LogP contribution in [0, 0.1) is 5.82 Å². The predicted octanol–water partition coefficient (Wildman–Crippen LogP) is 3.19. The molecule has 0 radical (unpaired) electrons. The normalized spacial score (nSPS) is 18.3. The zero-order valence-electron chi connectivity index (χ0n) is 26.5. The minimum absolute atomic E-state index is 0.0250. The summed E-state index contributed by atoms with van der Waals surface area (Å²) < 4.78 is 36.2. The van der Waals surface area contributed by atoms with E-state index < -0.39 is 59.5 Å². The van der Waals surface area contributed by atoms with Crippen molar-refractivity contribution in [1.82, 2.24) is 10.2 Å². The van der Waals surface area contributed by atoms with Gasteiger partial charge >= 0.3 is 12.1 Å². The number of nitrogens with zero attached hydrogens (tertiary/aromatic N) is 2. The third kappa shape index (κ3) is 8.79. The predicted molar refractivity (Wildman–Crippen MR) is 164 cm³/mol. The van der Waals surface area contributed by atoms with Crippen molar-refractivity contribution in [2.75, 3.05) is 49.7 Å². The van der Waals surface area contributed by atoms with Crippen LogP contribution >= 0.6 is 0 Å². The molecule has 14 heteroatoms. The number of ether oxygens (including phenoxy) is 4. The molecule has 46 heavy (non-hydrogen) atoms. The van der Waals surface area contributed by atoms with Crippen molar-refractivity contribution < 1.29 is 47.3 Å². The molecule has 4 rings (SSSR count). The van der Waals surface area contributed by atoms with Crippen molar-refractivity contribution in [3.05, 3.63) is 59.4 Å². The molecule has 0 saturated carbocycles. The largest absolute Gasteiger partial charge is 0.449 e. The van der Waals surface area contributed by atoms with Crippen LogP contribution in [0.25, 0.3) is 0 Å². The molecule has 2 saturated heterocycles. The number of halogens is 1. The highest BCUT2D eigenvalue weighted by atomic mass is 19.1. The fourth-order valence-electron chi connectivity index (χ4n) is 4.93. The number of hydrogen-bond donors (Lipinski definition) is 2. The molecule has 2 aromatic rings. The van der Waals surface area contributed by atoms with E-state index in [1.165, 1.54) is 21.9 Å². The van der Waals surface area contributed by atoms with Crippen LogP contribution in [-0.2, 0) is 33.3 Å². The first-order chi connectivity index (χ1) is 21.7. The smallest absolute Gasteiger partial charge is 0.408 e. The summed E-state index contributed by atoms with van der Waals surface area (Å²) in [7, 11) is 0. The van der Waals surface area contributed by atoms with Gasteiger partial charge in [0.2, 0.25) is 6.10 Å². The number of hydrogen-bond acceptors (Lipinski definition) is 9. The number of nitrogens with one attached hydrogen (secondary N) is 2. The van der Waals surface area contributed by atoms with E-state index in [1.807, 2.05) is 0 Å². The van der Waals surface area contributed by atoms with Gasteiger partial charge in [-0.1, -0.05) is 12.1 Å². The van der Waals surface area contributed by atoms with Gasteiger partial charge in [-0.2, -0.15) is 0 Å². The van der Waals surface area contributed by atoms with E-state index in [1.54, 1.807) is 52.0 Å². The Kier molecular flexibility index (Phi) is 11.0. The SMILES string of the molecule is CC(=O)O[C@@H](C(=O)Nc1ccc([C@@H](C)NC(=O)OC(C)(C)C)cc1)[C@H]1OCCN(c2ccc(F)c(C(=O)N3CCOCC3)c2)C1=O. The average Bonchev–Trinajstić information content (AvgIpc) is 3.00. The number of carbonyl (C=O) groups excluding carboxylic acids is 5. The Hall–Kier alpha value is -4.56. The van der Waals surface area contributed by atoms with Crippen LogP contribution in [0.1, 0.15) is 56.6 Å². The molecule has 0 aromatic heterocycles. The van der Waals surface area contributed by atoms with Gasteiger partial charge in [-0.25, -0.2) is 9.18 Å². The van der Waals surface area contributed by atoms with Gasteiger partial charge in [0.25, 0.3) is 17.7 Å². The number of morpholine rings is 2. The van der Waals surface area contributed by atoms with Crippen molar-refractivity contribution in [3.8, 4) is 0 Å². The van der Waals surface area contributed by atoms with Crippen molar-refractivity contribution in [1.29, 1.82) is 0 Å². The summed E-state index contributed by atoms with van der Waals surface area (Å²) >= 11 is 0. The number of esters is 1. The molecule has 2 fully saturated rings. The van der Waals surface area contributed by atoms with Crippen molar-refractivity contribution in [2.24, 2.45) is 0 Å². The third-order valence-electron chi connectivity index (χ3n) is 7.15. The average molecular weight is 643 g/mol. The second kappa shape index (κ2) is 14.7. The Bertz CT molecular complexity index is 1450. The van der Waals surface area contributed by atoms with Gasteiger partial charge in [-0.15, -0.1) is 0 Å². The molecule has 3 atom stereocenters. The highest BCUT2D eigenvalue weighted by molar-refractivity contribution is 6.05. The molecule has 2 aromatic carbocycles. The summed E-state index contributed by atoms with van der Waals surface area (Å²) in [4.78, 5) is 66.9. The summed E-state index contributed by atoms with van der Waals surface area (Å²) in [6, 6.07) is 9.90. The maximum Gasteiger partial charge on any atom is 0.408 e. The number of anilines is 2. The van der Waals surface area contributed by atoms with E-state index in [4.69, 9.17) is 18.9 Å². The minimum Gasteiger partial charge on any atom is -0.449 e. The van der Waals surface area contributed by atoms with Gasteiger partial charge in [0.15, 0.2) is 6.10 Å². The Morgan fingerprint density at radius 1 is 1.00 bits per heavy atom. The van der Waals surface area contributed by atoms with E-state index in [2.05, 4.69) is 10.6 Å². The van der Waals surface area contributed by atoms with E-state index in [0.717, 1.165) is 18.6 Å². The lowest BCUT2D eigenvalue weighted by atomic mass is 10.1. The van der Waals surface area contributed by atoms with Crippen LogP contribution in [0.15, 0.2) is 42.5 Å². The first kappa shape index (κ1) is 34.3. The molecular weight excluding hydrogens is 603 g/mol. The van der Waals surface area contributed by atoms with Crippen LogP contribution in [0.5, 0.6) is 0 Å². The maximum absolute atomic E-state index is 14.7. The Labute approximate surface area is 266 Å². The van der Waals surface area contributed by atoms with Crippen molar-refractivity contribution in [2.45, 2.75) is 58.5 Å².